The normalized spacial score (nSPS) is 17.1. The molecule has 2 aromatic heterocycles. The van der Waals surface area contributed by atoms with Crippen LogP contribution in [0.5, 0.6) is 0 Å². The third-order valence-corrected chi connectivity index (χ3v) is 8.98. The lowest BCUT2D eigenvalue weighted by atomic mass is 9.90. The first-order valence-corrected chi connectivity index (χ1v) is 16.8. The third-order valence-electron chi connectivity index (χ3n) is 8.73. The van der Waals surface area contributed by atoms with Gasteiger partial charge >= 0.3 is 6.09 Å². The first-order valence-electron chi connectivity index (χ1n) is 16.4. The first-order chi connectivity index (χ1) is 21.9. The number of ether oxygens (including phenoxy) is 2. The van der Waals surface area contributed by atoms with Gasteiger partial charge in [-0.15, -0.1) is 0 Å². The highest BCUT2D eigenvalue weighted by Crippen LogP contribution is 2.44. The second-order valence-corrected chi connectivity index (χ2v) is 13.6. The van der Waals surface area contributed by atoms with Crippen LogP contribution in [0.25, 0.3) is 22.2 Å². The lowest BCUT2D eigenvalue weighted by Crippen LogP contribution is -2.45. The van der Waals surface area contributed by atoms with Crippen molar-refractivity contribution >= 4 is 34.6 Å². The number of amides is 2. The molecule has 0 bridgehead atoms. The fourth-order valence-corrected chi connectivity index (χ4v) is 6.42. The molecule has 2 fully saturated rings. The maximum atomic E-state index is 14.7. The summed E-state index contributed by atoms with van der Waals surface area (Å²) >= 11 is 6.34. The summed E-state index contributed by atoms with van der Waals surface area (Å²) in [4.78, 5) is 34.4. The fraction of sp³-hybridized carbons (Fsp3) is 0.447. The zero-order valence-corrected chi connectivity index (χ0v) is 29.1. The van der Waals surface area contributed by atoms with E-state index in [4.69, 9.17) is 26.1 Å². The minimum Gasteiger partial charge on any atom is -0.447 e. The van der Waals surface area contributed by atoms with Gasteiger partial charge in [0.25, 0.3) is 5.91 Å². The Morgan fingerprint density at radius 1 is 1.04 bits per heavy atom. The van der Waals surface area contributed by atoms with E-state index in [2.05, 4.69) is 18.4 Å². The molecule has 2 aromatic carbocycles. The van der Waals surface area contributed by atoms with E-state index in [1.54, 1.807) is 0 Å². The number of carbonyl (C=O) groups excluding carboxylic acids is 2. The molecule has 2 atom stereocenters. The summed E-state index contributed by atoms with van der Waals surface area (Å²) in [6.07, 6.45) is 1.19. The van der Waals surface area contributed by atoms with Crippen LogP contribution in [0, 0.1) is 26.7 Å². The molecule has 1 unspecified atom stereocenters. The lowest BCUT2D eigenvalue weighted by Gasteiger charge is -2.32. The van der Waals surface area contributed by atoms with E-state index in [1.165, 1.54) is 17.7 Å². The van der Waals surface area contributed by atoms with Gasteiger partial charge in [-0.1, -0.05) is 67.9 Å². The standard InChI is InChI=1S/C36H40ClN3O4.C2H6/c1-21-23(3)39(19-25-12-13-25)33-29(21)31(26-14-16-27(37)17-15-26)30(22(2)38-33)32(44-36(4,5)6)34(41)40-28(20-43-35(40)42)18-24-10-8-7-9-11-24;1-2/h7-11,14-17,25,28,32H,12-13,18-20H2,1-6H3;1-2H3/t28-,32?;/m1./s1. The van der Waals surface area contributed by atoms with Crippen LogP contribution in [0.3, 0.4) is 0 Å². The molecule has 4 aromatic rings. The number of carbonyl (C=O) groups is 2. The number of aryl methyl sites for hydroxylation is 2. The first kappa shape index (κ1) is 33.7. The molecule has 6 rings (SSSR count). The van der Waals surface area contributed by atoms with Crippen LogP contribution in [-0.2, 0) is 27.2 Å². The smallest absolute Gasteiger partial charge is 0.417 e. The molecule has 244 valence electrons. The van der Waals surface area contributed by atoms with Gasteiger partial charge in [0.2, 0.25) is 0 Å². The summed E-state index contributed by atoms with van der Waals surface area (Å²) in [6.45, 7) is 17.0. The van der Waals surface area contributed by atoms with Crippen LogP contribution < -0.4 is 0 Å². The molecule has 2 amide bonds. The zero-order chi connectivity index (χ0) is 33.3. The van der Waals surface area contributed by atoms with E-state index in [-0.39, 0.29) is 6.61 Å². The Labute approximate surface area is 277 Å². The Balaban J connectivity index is 0.00000204. The van der Waals surface area contributed by atoms with Gasteiger partial charge in [-0.25, -0.2) is 14.7 Å². The van der Waals surface area contributed by atoms with Crippen molar-refractivity contribution in [1.82, 2.24) is 14.5 Å². The Kier molecular flexibility index (Phi) is 9.95. The highest BCUT2D eigenvalue weighted by atomic mass is 35.5. The number of aromatic nitrogens is 2. The maximum absolute atomic E-state index is 14.7. The van der Waals surface area contributed by atoms with Gasteiger partial charge in [-0.3, -0.25) is 4.79 Å². The summed E-state index contributed by atoms with van der Waals surface area (Å²) in [5.74, 6) is 0.209. The number of imide groups is 1. The summed E-state index contributed by atoms with van der Waals surface area (Å²) < 4.78 is 14.4. The van der Waals surface area contributed by atoms with Crippen molar-refractivity contribution in [2.75, 3.05) is 6.61 Å². The van der Waals surface area contributed by atoms with E-state index >= 15 is 0 Å². The SMILES string of the molecule is CC.Cc1nc2c(c(C)c(C)n2CC2CC2)c(-c2ccc(Cl)cc2)c1C(OC(C)(C)C)C(=O)N1C(=O)OC[C@H]1Cc1ccccc1. The monoisotopic (exact) mass is 643 g/mol. The summed E-state index contributed by atoms with van der Waals surface area (Å²) in [7, 11) is 0. The van der Waals surface area contributed by atoms with Gasteiger partial charge in [0.05, 0.1) is 11.6 Å². The number of benzene rings is 2. The van der Waals surface area contributed by atoms with Gasteiger partial charge in [-0.05, 0) is 95.5 Å². The molecular weight excluding hydrogens is 598 g/mol. The summed E-state index contributed by atoms with van der Waals surface area (Å²) in [5.41, 5.74) is 6.63. The van der Waals surface area contributed by atoms with Crippen molar-refractivity contribution in [2.24, 2.45) is 5.92 Å². The molecule has 1 saturated carbocycles. The molecule has 1 aliphatic heterocycles. The van der Waals surface area contributed by atoms with Crippen molar-refractivity contribution < 1.29 is 19.1 Å². The fourth-order valence-electron chi connectivity index (χ4n) is 6.29. The molecule has 1 aliphatic carbocycles. The highest BCUT2D eigenvalue weighted by Gasteiger charge is 2.44. The Morgan fingerprint density at radius 3 is 2.30 bits per heavy atom. The largest absolute Gasteiger partial charge is 0.447 e. The summed E-state index contributed by atoms with van der Waals surface area (Å²) in [5, 5.41) is 1.62. The number of cyclic esters (lactones) is 1. The van der Waals surface area contributed by atoms with Crippen molar-refractivity contribution in [2.45, 2.75) is 98.9 Å². The number of halogens is 1. The highest BCUT2D eigenvalue weighted by molar-refractivity contribution is 6.30. The van der Waals surface area contributed by atoms with Gasteiger partial charge < -0.3 is 14.0 Å². The molecule has 8 heteroatoms. The van der Waals surface area contributed by atoms with Crippen molar-refractivity contribution in [1.29, 1.82) is 0 Å². The van der Waals surface area contributed by atoms with E-state index in [1.807, 2.05) is 96.1 Å². The molecule has 0 N–H and O–H groups in total. The van der Waals surface area contributed by atoms with E-state index in [0.717, 1.165) is 45.5 Å². The second-order valence-electron chi connectivity index (χ2n) is 13.2. The van der Waals surface area contributed by atoms with Crippen molar-refractivity contribution in [3.05, 3.63) is 87.7 Å². The summed E-state index contributed by atoms with van der Waals surface area (Å²) in [6, 6.07) is 17.1. The average molecular weight is 644 g/mol. The Morgan fingerprint density at radius 2 is 1.70 bits per heavy atom. The zero-order valence-electron chi connectivity index (χ0n) is 28.3. The van der Waals surface area contributed by atoms with E-state index in [9.17, 15) is 9.59 Å². The molecule has 0 spiro atoms. The van der Waals surface area contributed by atoms with Gasteiger partial charge in [-0.2, -0.15) is 0 Å². The molecule has 7 nitrogen and oxygen atoms in total. The number of hydrogen-bond acceptors (Lipinski definition) is 5. The second kappa shape index (κ2) is 13.6. The quantitative estimate of drug-likeness (QED) is 0.191. The number of nitrogens with zero attached hydrogens (tertiary/aromatic N) is 3. The molecule has 46 heavy (non-hydrogen) atoms. The van der Waals surface area contributed by atoms with E-state index < -0.39 is 29.7 Å². The Bertz CT molecular complexity index is 1720. The van der Waals surface area contributed by atoms with Crippen molar-refractivity contribution in [3.63, 3.8) is 0 Å². The average Bonchev–Trinajstić information content (AvgIpc) is 3.74. The molecule has 3 heterocycles. The third kappa shape index (κ3) is 6.86. The maximum Gasteiger partial charge on any atom is 0.417 e. The Hall–Kier alpha value is -3.68. The number of rotatable bonds is 8. The van der Waals surface area contributed by atoms with Crippen LogP contribution in [-0.4, -0.2) is 44.7 Å². The van der Waals surface area contributed by atoms with E-state index in [0.29, 0.717) is 28.6 Å². The van der Waals surface area contributed by atoms with Crippen LogP contribution in [0.2, 0.25) is 5.02 Å². The van der Waals surface area contributed by atoms with Gasteiger partial charge in [0.1, 0.15) is 12.3 Å². The lowest BCUT2D eigenvalue weighted by molar-refractivity contribution is -0.152. The predicted octanol–water partition coefficient (Wildman–Crippen LogP) is 9.16. The van der Waals surface area contributed by atoms with Crippen LogP contribution >= 0.6 is 11.6 Å². The number of fused-ring (bicyclic) bond motifs is 1. The van der Waals surface area contributed by atoms with Gasteiger partial charge in [0, 0.05) is 39.5 Å². The minimum atomic E-state index is -1.10. The van der Waals surface area contributed by atoms with Crippen LogP contribution in [0.1, 0.15) is 81.6 Å². The topological polar surface area (TPSA) is 73.7 Å². The minimum absolute atomic E-state index is 0.129. The molecule has 0 radical (unpaired) electrons. The van der Waals surface area contributed by atoms with Crippen molar-refractivity contribution in [3.8, 4) is 11.1 Å². The molecule has 2 aliphatic rings. The molecular formula is C38H46ClN3O4. The van der Waals surface area contributed by atoms with Crippen LogP contribution in [0.15, 0.2) is 54.6 Å². The number of pyridine rings is 1. The van der Waals surface area contributed by atoms with Crippen LogP contribution in [0.4, 0.5) is 4.79 Å². The molecule has 1 saturated heterocycles. The van der Waals surface area contributed by atoms with Gasteiger partial charge in [0.15, 0.2) is 6.10 Å². The predicted molar refractivity (Wildman–Crippen MR) is 184 cm³/mol. The number of hydrogen-bond donors (Lipinski definition) is 0.